The SMILES string of the molecule is C.CC(C)CC(N)=O. The third kappa shape index (κ3) is 9.08. The van der Waals surface area contributed by atoms with Crippen molar-refractivity contribution in [2.24, 2.45) is 11.7 Å². The molecule has 2 nitrogen and oxygen atoms in total. The molecule has 0 rings (SSSR count). The zero-order valence-electron chi connectivity index (χ0n) is 4.77. The summed E-state index contributed by atoms with van der Waals surface area (Å²) in [4.78, 5) is 10.0. The third-order valence-corrected chi connectivity index (χ3v) is 0.609. The minimum absolute atomic E-state index is 0. The van der Waals surface area contributed by atoms with Gasteiger partial charge in [-0.25, -0.2) is 0 Å². The molecule has 0 aliphatic carbocycles. The molecular formula is C6H15NO. The van der Waals surface area contributed by atoms with Crippen LogP contribution in [-0.2, 0) is 4.79 Å². The first-order valence-electron chi connectivity index (χ1n) is 2.41. The van der Waals surface area contributed by atoms with E-state index in [2.05, 4.69) is 0 Å². The second-order valence-corrected chi connectivity index (χ2v) is 2.06. The highest BCUT2D eigenvalue weighted by Gasteiger charge is 1.96. The Morgan fingerprint density at radius 1 is 1.62 bits per heavy atom. The van der Waals surface area contributed by atoms with Gasteiger partial charge in [0.15, 0.2) is 0 Å². The molecule has 0 aromatic heterocycles. The van der Waals surface area contributed by atoms with Crippen LogP contribution in [0.2, 0.25) is 0 Å². The molecule has 0 atom stereocenters. The largest absolute Gasteiger partial charge is 0.370 e. The van der Waals surface area contributed by atoms with Crippen molar-refractivity contribution < 1.29 is 4.79 Å². The minimum Gasteiger partial charge on any atom is -0.370 e. The predicted octanol–water partition coefficient (Wildman–Crippen LogP) is 1.15. The Balaban J connectivity index is 0. The molecule has 0 bridgehead atoms. The molecule has 50 valence electrons. The molecule has 2 heteroatoms. The number of amides is 1. The second kappa shape index (κ2) is 4.62. The molecule has 0 aliphatic heterocycles. The molecule has 2 N–H and O–H groups in total. The lowest BCUT2D eigenvalue weighted by Crippen LogP contribution is -2.12. The van der Waals surface area contributed by atoms with Gasteiger partial charge in [-0.3, -0.25) is 4.79 Å². The van der Waals surface area contributed by atoms with Crippen LogP contribution < -0.4 is 5.73 Å². The van der Waals surface area contributed by atoms with Gasteiger partial charge in [0.05, 0.1) is 0 Å². The zero-order chi connectivity index (χ0) is 5.86. The first kappa shape index (κ1) is 10.5. The quantitative estimate of drug-likeness (QED) is 0.579. The first-order valence-corrected chi connectivity index (χ1v) is 2.41. The van der Waals surface area contributed by atoms with E-state index >= 15 is 0 Å². The average molecular weight is 117 g/mol. The van der Waals surface area contributed by atoms with Gasteiger partial charge in [-0.15, -0.1) is 0 Å². The van der Waals surface area contributed by atoms with Crippen molar-refractivity contribution in [3.63, 3.8) is 0 Å². The molecule has 0 heterocycles. The summed E-state index contributed by atoms with van der Waals surface area (Å²) in [7, 11) is 0. The van der Waals surface area contributed by atoms with Crippen LogP contribution in [0.1, 0.15) is 27.7 Å². The number of hydrogen-bond acceptors (Lipinski definition) is 1. The van der Waals surface area contributed by atoms with Crippen molar-refractivity contribution in [1.29, 1.82) is 0 Å². The van der Waals surface area contributed by atoms with E-state index in [9.17, 15) is 4.79 Å². The van der Waals surface area contributed by atoms with E-state index in [4.69, 9.17) is 5.73 Å². The highest BCUT2D eigenvalue weighted by Crippen LogP contribution is 1.95. The molecule has 0 radical (unpaired) electrons. The van der Waals surface area contributed by atoms with Gasteiger partial charge in [-0.05, 0) is 5.92 Å². The Bertz CT molecular complexity index is 68.9. The average Bonchev–Trinajstić information content (AvgIpc) is 1.27. The van der Waals surface area contributed by atoms with Gasteiger partial charge in [0, 0.05) is 6.42 Å². The fourth-order valence-corrected chi connectivity index (χ4v) is 0.402. The number of carbonyl (C=O) groups excluding carboxylic acids is 1. The smallest absolute Gasteiger partial charge is 0.217 e. The van der Waals surface area contributed by atoms with Crippen LogP contribution >= 0.6 is 0 Å². The fraction of sp³-hybridized carbons (Fsp3) is 0.833. The zero-order valence-corrected chi connectivity index (χ0v) is 4.77. The predicted molar refractivity (Wildman–Crippen MR) is 35.4 cm³/mol. The van der Waals surface area contributed by atoms with Crippen molar-refractivity contribution >= 4 is 5.91 Å². The molecule has 0 saturated heterocycles. The van der Waals surface area contributed by atoms with Crippen LogP contribution in [0.4, 0.5) is 0 Å². The Labute approximate surface area is 51.1 Å². The number of hydrogen-bond donors (Lipinski definition) is 1. The van der Waals surface area contributed by atoms with Gasteiger partial charge in [0.2, 0.25) is 5.91 Å². The van der Waals surface area contributed by atoms with Crippen molar-refractivity contribution in [1.82, 2.24) is 0 Å². The molecule has 0 spiro atoms. The van der Waals surface area contributed by atoms with Crippen LogP contribution in [0.5, 0.6) is 0 Å². The summed E-state index contributed by atoms with van der Waals surface area (Å²) in [5.41, 5.74) is 4.85. The van der Waals surface area contributed by atoms with Crippen molar-refractivity contribution in [3.8, 4) is 0 Å². The number of carbonyl (C=O) groups is 1. The monoisotopic (exact) mass is 117 g/mol. The Hall–Kier alpha value is -0.530. The maximum Gasteiger partial charge on any atom is 0.217 e. The standard InChI is InChI=1S/C5H11NO.CH4/c1-4(2)3-5(6)7;/h4H,3H2,1-2H3,(H2,6,7);1H4. The van der Waals surface area contributed by atoms with E-state index < -0.39 is 0 Å². The van der Waals surface area contributed by atoms with E-state index in [1.54, 1.807) is 0 Å². The van der Waals surface area contributed by atoms with Crippen LogP contribution in [0.3, 0.4) is 0 Å². The molecule has 8 heavy (non-hydrogen) atoms. The van der Waals surface area contributed by atoms with E-state index in [0.717, 1.165) is 0 Å². The summed E-state index contributed by atoms with van der Waals surface area (Å²) in [6.45, 7) is 3.93. The lowest BCUT2D eigenvalue weighted by atomic mass is 10.1. The lowest BCUT2D eigenvalue weighted by molar-refractivity contribution is -0.118. The molecule has 1 amide bonds. The number of nitrogens with two attached hydrogens (primary N) is 1. The van der Waals surface area contributed by atoms with E-state index in [1.807, 2.05) is 13.8 Å². The highest BCUT2D eigenvalue weighted by atomic mass is 16.1. The van der Waals surface area contributed by atoms with Gasteiger partial charge in [-0.2, -0.15) is 0 Å². The summed E-state index contributed by atoms with van der Waals surface area (Å²) in [6.07, 6.45) is 0.500. The van der Waals surface area contributed by atoms with Crippen LogP contribution in [0.15, 0.2) is 0 Å². The summed E-state index contributed by atoms with van der Waals surface area (Å²) in [5, 5.41) is 0. The molecular weight excluding hydrogens is 102 g/mol. The third-order valence-electron chi connectivity index (χ3n) is 0.609. The van der Waals surface area contributed by atoms with Gasteiger partial charge in [-0.1, -0.05) is 21.3 Å². The minimum atomic E-state index is -0.213. The van der Waals surface area contributed by atoms with E-state index in [-0.39, 0.29) is 13.3 Å². The molecule has 0 unspecified atom stereocenters. The molecule has 0 aliphatic rings. The van der Waals surface area contributed by atoms with Gasteiger partial charge >= 0.3 is 0 Å². The van der Waals surface area contributed by atoms with Crippen LogP contribution in [-0.4, -0.2) is 5.91 Å². The van der Waals surface area contributed by atoms with Crippen LogP contribution in [0, 0.1) is 5.92 Å². The van der Waals surface area contributed by atoms with Crippen molar-refractivity contribution in [3.05, 3.63) is 0 Å². The highest BCUT2D eigenvalue weighted by molar-refractivity contribution is 5.73. The summed E-state index contributed by atoms with van der Waals surface area (Å²) < 4.78 is 0. The van der Waals surface area contributed by atoms with Gasteiger partial charge in [0.25, 0.3) is 0 Å². The molecule has 0 aromatic carbocycles. The number of rotatable bonds is 2. The Morgan fingerprint density at radius 3 is 2.00 bits per heavy atom. The van der Waals surface area contributed by atoms with Crippen molar-refractivity contribution in [2.45, 2.75) is 27.7 Å². The van der Waals surface area contributed by atoms with Gasteiger partial charge < -0.3 is 5.73 Å². The normalized spacial score (nSPS) is 8.38. The maximum atomic E-state index is 10.0. The Kier molecular flexibility index (Phi) is 6.04. The van der Waals surface area contributed by atoms with Gasteiger partial charge in [0.1, 0.15) is 0 Å². The number of primary amides is 1. The summed E-state index contributed by atoms with van der Waals surface area (Å²) in [6, 6.07) is 0. The van der Waals surface area contributed by atoms with Crippen LogP contribution in [0.25, 0.3) is 0 Å². The molecule has 0 aromatic rings. The van der Waals surface area contributed by atoms with E-state index in [1.165, 1.54) is 0 Å². The van der Waals surface area contributed by atoms with E-state index in [0.29, 0.717) is 12.3 Å². The topological polar surface area (TPSA) is 43.1 Å². The maximum absolute atomic E-state index is 10.0. The second-order valence-electron chi connectivity index (χ2n) is 2.06. The van der Waals surface area contributed by atoms with Crippen molar-refractivity contribution in [2.75, 3.05) is 0 Å². The Morgan fingerprint density at radius 2 is 2.00 bits per heavy atom. The molecule has 0 saturated carbocycles. The summed E-state index contributed by atoms with van der Waals surface area (Å²) >= 11 is 0. The fourth-order valence-electron chi connectivity index (χ4n) is 0.402. The molecule has 0 fully saturated rings. The lowest BCUT2D eigenvalue weighted by Gasteiger charge is -1.95. The first-order chi connectivity index (χ1) is 3.13. The summed E-state index contributed by atoms with van der Waals surface area (Å²) in [5.74, 6) is 0.188.